The van der Waals surface area contributed by atoms with Crippen molar-refractivity contribution >= 4 is 0 Å². The molecular weight excluding hydrogens is 222 g/mol. The van der Waals surface area contributed by atoms with E-state index in [0.717, 1.165) is 25.0 Å². The second-order valence-corrected chi connectivity index (χ2v) is 6.71. The predicted molar refractivity (Wildman–Crippen MR) is 76.8 cm³/mol. The van der Waals surface area contributed by atoms with Crippen molar-refractivity contribution in [3.8, 4) is 0 Å². The number of nitrogens with one attached hydrogen (secondary N) is 1. The largest absolute Gasteiger partial charge is 0.375 e. The maximum atomic E-state index is 6.04. The molecule has 1 aliphatic carbocycles. The molecule has 1 saturated heterocycles. The van der Waals surface area contributed by atoms with Gasteiger partial charge in [0.2, 0.25) is 0 Å². The fraction of sp³-hybridized carbons (Fsp3) is 1.00. The number of rotatable bonds is 6. The first-order chi connectivity index (χ1) is 8.65. The summed E-state index contributed by atoms with van der Waals surface area (Å²) in [6.45, 7) is 9.19. The van der Waals surface area contributed by atoms with E-state index in [0.29, 0.717) is 11.6 Å². The van der Waals surface area contributed by atoms with Crippen LogP contribution >= 0.6 is 0 Å². The van der Waals surface area contributed by atoms with Gasteiger partial charge < -0.3 is 10.1 Å². The van der Waals surface area contributed by atoms with Crippen LogP contribution in [0.25, 0.3) is 0 Å². The quantitative estimate of drug-likeness (QED) is 0.778. The summed E-state index contributed by atoms with van der Waals surface area (Å²) in [5.74, 6) is 1.73. The Labute approximate surface area is 113 Å². The molecule has 3 unspecified atom stereocenters. The van der Waals surface area contributed by atoms with Crippen molar-refractivity contribution < 1.29 is 4.74 Å². The standard InChI is InChI=1S/C16H31NO/c1-4-9-17-14(3)11-13(2)15-6-10-18-16(12-15)7-5-8-16/h13-15,17H,4-12H2,1-3H3. The van der Waals surface area contributed by atoms with Crippen molar-refractivity contribution in [3.05, 3.63) is 0 Å². The topological polar surface area (TPSA) is 21.3 Å². The first-order valence-electron chi connectivity index (χ1n) is 8.02. The molecule has 0 aromatic carbocycles. The fourth-order valence-corrected chi connectivity index (χ4v) is 3.70. The molecule has 0 aromatic heterocycles. The van der Waals surface area contributed by atoms with E-state index in [2.05, 4.69) is 26.1 Å². The second-order valence-electron chi connectivity index (χ2n) is 6.71. The third-order valence-electron chi connectivity index (χ3n) is 5.07. The maximum absolute atomic E-state index is 6.04. The van der Waals surface area contributed by atoms with Crippen LogP contribution in [0.1, 0.15) is 65.7 Å². The van der Waals surface area contributed by atoms with Gasteiger partial charge >= 0.3 is 0 Å². The molecule has 3 atom stereocenters. The first kappa shape index (κ1) is 14.3. The van der Waals surface area contributed by atoms with Crippen LogP contribution in [0.5, 0.6) is 0 Å². The summed E-state index contributed by atoms with van der Waals surface area (Å²) in [7, 11) is 0. The molecule has 2 aliphatic rings. The van der Waals surface area contributed by atoms with Gasteiger partial charge in [0.15, 0.2) is 0 Å². The van der Waals surface area contributed by atoms with Gasteiger partial charge in [0, 0.05) is 12.6 Å². The Kier molecular flexibility index (Phi) is 5.08. The molecule has 18 heavy (non-hydrogen) atoms. The molecule has 0 radical (unpaired) electrons. The summed E-state index contributed by atoms with van der Waals surface area (Å²) in [6.07, 6.45) is 9.19. The highest BCUT2D eigenvalue weighted by Crippen LogP contribution is 2.46. The van der Waals surface area contributed by atoms with Gasteiger partial charge in [0.25, 0.3) is 0 Å². The van der Waals surface area contributed by atoms with Crippen LogP contribution in [0.15, 0.2) is 0 Å². The zero-order valence-corrected chi connectivity index (χ0v) is 12.5. The third kappa shape index (κ3) is 3.48. The molecule has 1 heterocycles. The van der Waals surface area contributed by atoms with Crippen LogP contribution in [0.2, 0.25) is 0 Å². The summed E-state index contributed by atoms with van der Waals surface area (Å²) < 4.78 is 6.04. The van der Waals surface area contributed by atoms with Crippen molar-refractivity contribution in [2.24, 2.45) is 11.8 Å². The maximum Gasteiger partial charge on any atom is 0.0685 e. The SMILES string of the molecule is CCCNC(C)CC(C)C1CCOC2(CCC2)C1. The molecule has 1 saturated carbocycles. The van der Waals surface area contributed by atoms with Gasteiger partial charge in [0.05, 0.1) is 5.60 Å². The van der Waals surface area contributed by atoms with Crippen LogP contribution in [0.4, 0.5) is 0 Å². The van der Waals surface area contributed by atoms with E-state index in [1.165, 1.54) is 44.9 Å². The van der Waals surface area contributed by atoms with Crippen LogP contribution in [-0.4, -0.2) is 24.8 Å². The number of hydrogen-bond acceptors (Lipinski definition) is 2. The molecule has 1 N–H and O–H groups in total. The van der Waals surface area contributed by atoms with Gasteiger partial charge in [-0.1, -0.05) is 13.8 Å². The van der Waals surface area contributed by atoms with Crippen LogP contribution in [0.3, 0.4) is 0 Å². The smallest absolute Gasteiger partial charge is 0.0685 e. The minimum absolute atomic E-state index is 0.317. The van der Waals surface area contributed by atoms with Gasteiger partial charge in [-0.05, 0) is 70.3 Å². The lowest BCUT2D eigenvalue weighted by Crippen LogP contribution is -2.47. The predicted octanol–water partition coefficient (Wildman–Crippen LogP) is 3.75. The lowest BCUT2D eigenvalue weighted by atomic mass is 9.68. The molecule has 1 aliphatic heterocycles. The van der Waals surface area contributed by atoms with E-state index in [4.69, 9.17) is 4.74 Å². The Balaban J connectivity index is 1.75. The Morgan fingerprint density at radius 1 is 1.33 bits per heavy atom. The number of ether oxygens (including phenoxy) is 1. The molecule has 0 bridgehead atoms. The first-order valence-corrected chi connectivity index (χ1v) is 8.02. The Bertz CT molecular complexity index is 249. The summed E-state index contributed by atoms with van der Waals surface area (Å²) in [5.41, 5.74) is 0.317. The molecule has 0 amide bonds. The zero-order chi connectivity index (χ0) is 13.0. The lowest BCUT2D eigenvalue weighted by Gasteiger charge is -2.48. The van der Waals surface area contributed by atoms with E-state index in [1.54, 1.807) is 0 Å². The zero-order valence-electron chi connectivity index (χ0n) is 12.5. The van der Waals surface area contributed by atoms with Crippen molar-refractivity contribution in [2.75, 3.05) is 13.2 Å². The fourth-order valence-electron chi connectivity index (χ4n) is 3.70. The van der Waals surface area contributed by atoms with E-state index < -0.39 is 0 Å². The molecule has 2 nitrogen and oxygen atoms in total. The highest BCUT2D eigenvalue weighted by atomic mass is 16.5. The molecule has 1 spiro atoms. The average Bonchev–Trinajstić information content (AvgIpc) is 2.34. The average molecular weight is 253 g/mol. The van der Waals surface area contributed by atoms with Gasteiger partial charge in [-0.25, -0.2) is 0 Å². The summed E-state index contributed by atoms with van der Waals surface area (Å²) in [6, 6.07) is 0.667. The van der Waals surface area contributed by atoms with E-state index in [1.807, 2.05) is 0 Å². The summed E-state index contributed by atoms with van der Waals surface area (Å²) in [5, 5.41) is 3.62. The van der Waals surface area contributed by atoms with Gasteiger partial charge in [-0.15, -0.1) is 0 Å². The highest BCUT2D eigenvalue weighted by Gasteiger charge is 2.43. The third-order valence-corrected chi connectivity index (χ3v) is 5.07. The lowest BCUT2D eigenvalue weighted by molar-refractivity contribution is -0.149. The Morgan fingerprint density at radius 3 is 2.72 bits per heavy atom. The molecule has 2 fully saturated rings. The molecule has 2 rings (SSSR count). The van der Waals surface area contributed by atoms with Crippen molar-refractivity contribution in [3.63, 3.8) is 0 Å². The van der Waals surface area contributed by atoms with Gasteiger partial charge in [-0.2, -0.15) is 0 Å². The minimum Gasteiger partial charge on any atom is -0.375 e. The normalized spacial score (nSPS) is 29.8. The summed E-state index contributed by atoms with van der Waals surface area (Å²) in [4.78, 5) is 0. The molecule has 2 heteroatoms. The molecule has 0 aromatic rings. The Hall–Kier alpha value is -0.0800. The molecular formula is C16H31NO. The van der Waals surface area contributed by atoms with Crippen LogP contribution in [0, 0.1) is 11.8 Å². The highest BCUT2D eigenvalue weighted by molar-refractivity contribution is 4.95. The second kappa shape index (κ2) is 6.38. The van der Waals surface area contributed by atoms with Crippen LogP contribution < -0.4 is 5.32 Å². The minimum atomic E-state index is 0.317. The van der Waals surface area contributed by atoms with Crippen molar-refractivity contribution in [1.82, 2.24) is 5.32 Å². The Morgan fingerprint density at radius 2 is 2.11 bits per heavy atom. The van der Waals surface area contributed by atoms with E-state index in [9.17, 15) is 0 Å². The van der Waals surface area contributed by atoms with E-state index in [-0.39, 0.29) is 0 Å². The van der Waals surface area contributed by atoms with Gasteiger partial charge in [-0.3, -0.25) is 0 Å². The molecule has 106 valence electrons. The van der Waals surface area contributed by atoms with E-state index >= 15 is 0 Å². The summed E-state index contributed by atoms with van der Waals surface area (Å²) >= 11 is 0. The number of hydrogen-bond donors (Lipinski definition) is 1. The van der Waals surface area contributed by atoms with Crippen molar-refractivity contribution in [1.29, 1.82) is 0 Å². The van der Waals surface area contributed by atoms with Gasteiger partial charge in [0.1, 0.15) is 0 Å². The monoisotopic (exact) mass is 253 g/mol. The van der Waals surface area contributed by atoms with Crippen molar-refractivity contribution in [2.45, 2.75) is 77.4 Å². The van der Waals surface area contributed by atoms with Crippen LogP contribution in [-0.2, 0) is 4.74 Å².